The van der Waals surface area contributed by atoms with Gasteiger partial charge >= 0.3 is 6.03 Å². The van der Waals surface area contributed by atoms with E-state index < -0.39 is 23.9 Å². The van der Waals surface area contributed by atoms with E-state index in [0.29, 0.717) is 28.4 Å². The number of nitrogens with zero attached hydrogens (tertiary/aromatic N) is 2. The minimum absolute atomic E-state index is 0.235. The van der Waals surface area contributed by atoms with E-state index in [-0.39, 0.29) is 11.3 Å². The smallest absolute Gasteiger partial charge is 0.321 e. The lowest BCUT2D eigenvalue weighted by molar-refractivity contribution is -0.119. The van der Waals surface area contributed by atoms with Crippen molar-refractivity contribution in [3.8, 4) is 11.5 Å². The fourth-order valence-electron chi connectivity index (χ4n) is 4.01. The quantitative estimate of drug-likeness (QED) is 0.380. The molecule has 1 heterocycles. The van der Waals surface area contributed by atoms with E-state index in [0.717, 1.165) is 0 Å². The van der Waals surface area contributed by atoms with Crippen LogP contribution in [0.3, 0.4) is 0 Å². The Morgan fingerprint density at radius 2 is 1.46 bits per heavy atom. The van der Waals surface area contributed by atoms with Gasteiger partial charge in [-0.05, 0) is 54.6 Å². The summed E-state index contributed by atoms with van der Waals surface area (Å²) in [6.45, 7) is 0. The maximum Gasteiger partial charge on any atom is 0.321 e. The van der Waals surface area contributed by atoms with Gasteiger partial charge in [-0.2, -0.15) is 0 Å². The Labute approximate surface area is 213 Å². The third-order valence-corrected chi connectivity index (χ3v) is 5.83. The lowest BCUT2D eigenvalue weighted by Crippen LogP contribution is -2.47. The van der Waals surface area contributed by atoms with Crippen LogP contribution in [0.2, 0.25) is 0 Å². The van der Waals surface area contributed by atoms with Crippen molar-refractivity contribution in [2.24, 2.45) is 4.99 Å². The normalized spacial score (nSPS) is 14.8. The predicted octanol–water partition coefficient (Wildman–Crippen LogP) is 5.58. The fourth-order valence-corrected chi connectivity index (χ4v) is 4.01. The number of para-hydroxylation sites is 2. The highest BCUT2D eigenvalue weighted by molar-refractivity contribution is 6.20. The number of carbonyl (C=O) groups is 2. The summed E-state index contributed by atoms with van der Waals surface area (Å²) in [6.07, 6.45) is -1.27. The first kappa shape index (κ1) is 23.7. The number of carbonyl (C=O) groups excluding carboxylic acids is 2. The summed E-state index contributed by atoms with van der Waals surface area (Å²) in [5, 5.41) is 5.32. The molecular formula is C29H23FN4O3. The Morgan fingerprint density at radius 3 is 2.19 bits per heavy atom. The summed E-state index contributed by atoms with van der Waals surface area (Å²) in [5.74, 6) is 0.366. The number of anilines is 2. The topological polar surface area (TPSA) is 83.0 Å². The molecule has 3 amide bonds. The SMILES string of the molecule is CN1C(=O)C(NC(=O)Nc2ccc(Oc3ccccc3)cc2)N=C(c2ccccc2F)c2ccccc21. The molecule has 1 unspecified atom stereocenters. The molecule has 0 spiro atoms. The Bertz CT molecular complexity index is 1470. The van der Waals surface area contributed by atoms with E-state index in [4.69, 9.17) is 4.74 Å². The van der Waals surface area contributed by atoms with Crippen LogP contribution in [0.4, 0.5) is 20.6 Å². The lowest BCUT2D eigenvalue weighted by Gasteiger charge is -2.21. The van der Waals surface area contributed by atoms with Gasteiger partial charge in [-0.15, -0.1) is 0 Å². The monoisotopic (exact) mass is 494 g/mol. The molecule has 2 N–H and O–H groups in total. The number of benzodiazepines with no additional fused rings is 1. The number of hydrogen-bond donors (Lipinski definition) is 2. The number of urea groups is 1. The van der Waals surface area contributed by atoms with E-state index >= 15 is 0 Å². The van der Waals surface area contributed by atoms with Crippen LogP contribution in [0, 0.1) is 5.82 Å². The van der Waals surface area contributed by atoms with Crippen LogP contribution in [0.25, 0.3) is 0 Å². The van der Waals surface area contributed by atoms with Gasteiger partial charge in [0.2, 0.25) is 6.17 Å². The van der Waals surface area contributed by atoms with Crippen molar-refractivity contribution < 1.29 is 18.7 Å². The number of halogens is 1. The van der Waals surface area contributed by atoms with E-state index in [2.05, 4.69) is 15.6 Å². The number of nitrogens with one attached hydrogen (secondary N) is 2. The molecule has 4 aromatic rings. The number of rotatable bonds is 5. The number of amides is 3. The van der Waals surface area contributed by atoms with Gasteiger partial charge in [0.15, 0.2) is 0 Å². The lowest BCUT2D eigenvalue weighted by atomic mass is 10.00. The second kappa shape index (κ2) is 10.3. The average molecular weight is 495 g/mol. The van der Waals surface area contributed by atoms with Crippen molar-refractivity contribution in [2.45, 2.75) is 6.17 Å². The van der Waals surface area contributed by atoms with E-state index in [1.807, 2.05) is 30.3 Å². The largest absolute Gasteiger partial charge is 0.457 e. The Kier molecular flexibility index (Phi) is 6.63. The van der Waals surface area contributed by atoms with Crippen LogP contribution >= 0.6 is 0 Å². The standard InChI is InChI=1S/C29H23FN4O3/c1-34-25-14-8-6-12-23(25)26(22-11-5-7-13-24(22)30)32-27(28(34)35)33-29(36)31-19-15-17-21(18-16-19)37-20-9-3-2-4-10-20/h2-18,27H,1H3,(H2,31,33,36). The van der Waals surface area contributed by atoms with E-state index in [1.54, 1.807) is 73.8 Å². The first-order valence-electron chi connectivity index (χ1n) is 11.6. The molecule has 4 aromatic carbocycles. The van der Waals surface area contributed by atoms with Crippen molar-refractivity contribution in [3.63, 3.8) is 0 Å². The molecule has 0 radical (unpaired) electrons. The van der Waals surface area contributed by atoms with Crippen molar-refractivity contribution in [2.75, 3.05) is 17.3 Å². The van der Waals surface area contributed by atoms with Gasteiger partial charge in [-0.1, -0.05) is 48.5 Å². The summed E-state index contributed by atoms with van der Waals surface area (Å²) in [4.78, 5) is 32.0. The van der Waals surface area contributed by atoms with Crippen LogP contribution in [0.1, 0.15) is 11.1 Å². The van der Waals surface area contributed by atoms with Crippen molar-refractivity contribution in [1.29, 1.82) is 0 Å². The summed E-state index contributed by atoms with van der Waals surface area (Å²) in [6, 6.07) is 28.8. The second-order valence-corrected chi connectivity index (χ2v) is 8.31. The Balaban J connectivity index is 1.37. The highest BCUT2D eigenvalue weighted by Gasteiger charge is 2.31. The van der Waals surface area contributed by atoms with Gasteiger partial charge in [0.1, 0.15) is 17.3 Å². The van der Waals surface area contributed by atoms with Gasteiger partial charge < -0.3 is 20.3 Å². The van der Waals surface area contributed by atoms with Gasteiger partial charge in [-0.3, -0.25) is 4.79 Å². The van der Waals surface area contributed by atoms with Crippen molar-refractivity contribution >= 4 is 29.0 Å². The summed E-state index contributed by atoms with van der Waals surface area (Å²) >= 11 is 0. The molecule has 8 heteroatoms. The molecule has 0 saturated heterocycles. The number of aliphatic imine (C=N–C) groups is 1. The van der Waals surface area contributed by atoms with E-state index in [9.17, 15) is 14.0 Å². The first-order chi connectivity index (χ1) is 18.0. The molecule has 1 aliphatic heterocycles. The van der Waals surface area contributed by atoms with Gasteiger partial charge in [0.05, 0.1) is 11.4 Å². The zero-order chi connectivity index (χ0) is 25.8. The second-order valence-electron chi connectivity index (χ2n) is 8.31. The highest BCUT2D eigenvalue weighted by Crippen LogP contribution is 2.28. The molecule has 0 aromatic heterocycles. The summed E-state index contributed by atoms with van der Waals surface area (Å²) in [5.41, 5.74) is 2.16. The summed E-state index contributed by atoms with van der Waals surface area (Å²) < 4.78 is 20.5. The van der Waals surface area contributed by atoms with Crippen LogP contribution in [-0.2, 0) is 4.79 Å². The van der Waals surface area contributed by atoms with Crippen LogP contribution < -0.4 is 20.3 Å². The zero-order valence-electron chi connectivity index (χ0n) is 19.9. The fraction of sp³-hybridized carbons (Fsp3) is 0.0690. The minimum atomic E-state index is -1.27. The molecule has 37 heavy (non-hydrogen) atoms. The molecule has 0 aliphatic carbocycles. The number of likely N-dealkylation sites (N-methyl/N-ethyl adjacent to an activating group) is 1. The van der Waals surface area contributed by atoms with Crippen LogP contribution in [0.15, 0.2) is 108 Å². The molecular weight excluding hydrogens is 471 g/mol. The molecule has 0 fully saturated rings. The van der Waals surface area contributed by atoms with Crippen molar-refractivity contribution in [1.82, 2.24) is 5.32 Å². The third kappa shape index (κ3) is 5.18. The first-order valence-corrected chi connectivity index (χ1v) is 11.6. The maximum absolute atomic E-state index is 14.8. The molecule has 7 nitrogen and oxygen atoms in total. The van der Waals surface area contributed by atoms with Crippen molar-refractivity contribution in [3.05, 3.63) is 120 Å². The number of hydrogen-bond acceptors (Lipinski definition) is 4. The highest BCUT2D eigenvalue weighted by atomic mass is 19.1. The number of fused-ring (bicyclic) bond motifs is 1. The van der Waals surface area contributed by atoms with Crippen LogP contribution in [-0.4, -0.2) is 30.9 Å². The molecule has 0 bridgehead atoms. The molecule has 184 valence electrons. The Morgan fingerprint density at radius 1 is 0.838 bits per heavy atom. The van der Waals surface area contributed by atoms with E-state index in [1.165, 1.54) is 11.0 Å². The minimum Gasteiger partial charge on any atom is -0.457 e. The number of ether oxygens (including phenoxy) is 1. The van der Waals surface area contributed by atoms with Crippen LogP contribution in [0.5, 0.6) is 11.5 Å². The molecule has 5 rings (SSSR count). The molecule has 0 saturated carbocycles. The third-order valence-electron chi connectivity index (χ3n) is 5.83. The maximum atomic E-state index is 14.8. The van der Waals surface area contributed by atoms with Gasteiger partial charge in [0, 0.05) is 23.9 Å². The summed E-state index contributed by atoms with van der Waals surface area (Å²) in [7, 11) is 1.60. The zero-order valence-corrected chi connectivity index (χ0v) is 19.9. The molecule has 1 aliphatic rings. The van der Waals surface area contributed by atoms with Gasteiger partial charge in [0.25, 0.3) is 5.91 Å². The molecule has 1 atom stereocenters. The average Bonchev–Trinajstić information content (AvgIpc) is 3.01. The Hall–Kier alpha value is -4.98. The number of benzene rings is 4. The predicted molar refractivity (Wildman–Crippen MR) is 141 cm³/mol. The van der Waals surface area contributed by atoms with Gasteiger partial charge in [-0.25, -0.2) is 14.2 Å².